The number of anilines is 4. The number of para-hydroxylation sites is 1. The van der Waals surface area contributed by atoms with Crippen molar-refractivity contribution in [3.05, 3.63) is 103 Å². The molecule has 6 aliphatic heterocycles. The van der Waals surface area contributed by atoms with Crippen LogP contribution in [0, 0.1) is 35.5 Å². The van der Waals surface area contributed by atoms with Crippen molar-refractivity contribution in [2.45, 2.75) is 380 Å². The van der Waals surface area contributed by atoms with Crippen molar-refractivity contribution in [2.75, 3.05) is 75.6 Å². The molecule has 0 bridgehead atoms. The van der Waals surface area contributed by atoms with Crippen LogP contribution in [0.3, 0.4) is 0 Å². The first-order valence-corrected chi connectivity index (χ1v) is 51.5. The number of hydrogen-bond acceptors (Lipinski definition) is 33. The number of cyclic esters (lactones) is 2. The van der Waals surface area contributed by atoms with Gasteiger partial charge in [0.15, 0.2) is 25.2 Å². The third-order valence-electron chi connectivity index (χ3n) is 29.1. The van der Waals surface area contributed by atoms with Gasteiger partial charge in [-0.3, -0.25) is 19.0 Å². The lowest BCUT2D eigenvalue weighted by atomic mass is 9.77. The van der Waals surface area contributed by atoms with Crippen LogP contribution >= 0.6 is 0 Å². The number of benzene rings is 3. The highest BCUT2D eigenvalue weighted by Crippen LogP contribution is 2.45. The van der Waals surface area contributed by atoms with Crippen LogP contribution in [0.15, 0.2) is 113 Å². The normalized spacial score (nSPS) is 39.6. The molecule has 36 atom stereocenters. The molecule has 4 aromatic rings. The standard InChI is InChI=1S/C50H80N4O15S.C49H79N5O15S/c1-14-38-50(10,61)42(56)32(6)54(47(59)51-34-20-22-36(23-21-34)70(62,63)52-35-18-16-15-17-19-35)27-28(2)25-48(8,60)44(69-46-40(55)37(53(11)12)24-29(3)65-46)30(4)41(31(5)45(58)67-38)68-39-26-49(9,64-13)43(57)33(7)66-39;1-14-36-49(10,61)41(56)31(6)54(46(59)51-33-18-20-34(21-19-33)70(62,63)52-37-17-15-16-22-50-37)26-27(2)24-47(8,60)43(69-45-39(55)35(53(11)12)23-28(3)65-45)29(4)40(30(5)44(58)67-36)68-38-25-48(9,64-13)42(57)32(7)66-38/h15-23,28-33,37-44,46,52,55-57,60-61H,14,24-27H2,1-13H3,(H,51,59);15-22,27-32,35-36,38-43,45,55-57,60-61H,14,23-26H2,1-13H3,(H,50,52)(H,51,59)/t28-,29-,30+,31-,32-,33+,37+,38-,39+,40-,41+,42-,43+,44-,46+,48-,49-,50-;27-,28-,29+,30-,31-,32+,35+,36-,38+,39-,40+,41-,42+,43-,45+,47-,48-,49-/m11/s1. The lowest BCUT2D eigenvalue weighted by Crippen LogP contribution is -2.61. The minimum atomic E-state index is -4.04. The SMILES string of the molecule is CC[C@H]1OC(=O)[C@H](C)[C@@H](O[C@H]2C[C@@](C)(OC)[C@@H](O)[C@H](C)O2)[C@H](C)[C@@H](O[C@@H]2O[C@H](C)C[C@H](N(C)C)[C@H]2O)[C@](C)(O)C[C@@H](C)CN(C(=O)Nc2ccc(S(=O)(=O)Nc3ccccc3)cc2)[C@H](C)[C@@H](O)[C@]1(C)O.CC[C@H]1OC(=O)[C@H](C)[C@@H](O[C@H]2C[C@@](C)(OC)[C@@H](O)[C@H](C)O2)[C@H](C)[C@@H](O[C@@H]2O[C@H](C)C[C@H](N(C)C)[C@H]2O)[C@](C)(O)C[C@@H](C)CN(C(=O)Nc2ccc(S(=O)(=O)Nc3ccccn3)cc2)[C@H](C)[C@@H](O)[C@]1(C)O. The van der Waals surface area contributed by atoms with Gasteiger partial charge in [0.05, 0.1) is 105 Å². The van der Waals surface area contributed by atoms with Crippen LogP contribution < -0.4 is 20.1 Å². The molecule has 41 heteroatoms. The molecule has 140 heavy (non-hydrogen) atoms. The van der Waals surface area contributed by atoms with Crippen LogP contribution in [-0.4, -0.2) is 353 Å². The van der Waals surface area contributed by atoms with Gasteiger partial charge in [-0.1, -0.05) is 65.8 Å². The van der Waals surface area contributed by atoms with Crippen molar-refractivity contribution >= 4 is 66.9 Å². The zero-order valence-corrected chi connectivity index (χ0v) is 87.5. The Balaban J connectivity index is 0.000000313. The quantitative estimate of drug-likeness (QED) is 0.0331. The Morgan fingerprint density at radius 2 is 0.829 bits per heavy atom. The number of methoxy groups -OCH3 is 2. The third kappa shape index (κ3) is 28.0. The summed E-state index contributed by atoms with van der Waals surface area (Å²) in [5.74, 6) is -6.82. The van der Waals surface area contributed by atoms with Crippen LogP contribution in [0.5, 0.6) is 0 Å². The number of urea groups is 2. The van der Waals surface area contributed by atoms with Gasteiger partial charge in [0.1, 0.15) is 65.9 Å². The van der Waals surface area contributed by atoms with Gasteiger partial charge in [-0.25, -0.2) is 31.4 Å². The van der Waals surface area contributed by atoms with Crippen LogP contribution in [0.2, 0.25) is 0 Å². The number of ether oxygens (including phenoxy) is 12. The highest BCUT2D eigenvalue weighted by atomic mass is 32.2. The second-order valence-corrected chi connectivity index (χ2v) is 44.8. The lowest BCUT2D eigenvalue weighted by Gasteiger charge is -2.48. The summed E-state index contributed by atoms with van der Waals surface area (Å²) in [7, 11) is 2.27. The average molecular weight is 2020 g/mol. The second kappa shape index (κ2) is 48.0. The van der Waals surface area contributed by atoms with E-state index in [1.54, 1.807) is 146 Å². The highest BCUT2D eigenvalue weighted by Gasteiger charge is 2.58. The van der Waals surface area contributed by atoms with Gasteiger partial charge in [0.25, 0.3) is 20.0 Å². The molecular weight excluding hydrogens is 1860 g/mol. The number of likely N-dealkylation sites (N-methyl/N-ethyl adjacent to an activating group) is 2. The third-order valence-corrected chi connectivity index (χ3v) is 31.9. The van der Waals surface area contributed by atoms with Crippen LogP contribution in [-0.2, 0) is 86.5 Å². The summed E-state index contributed by atoms with van der Waals surface area (Å²) in [4.78, 5) is 68.4. The first-order valence-electron chi connectivity index (χ1n) is 48.6. The maximum atomic E-state index is 14.6. The summed E-state index contributed by atoms with van der Waals surface area (Å²) < 4.78 is 133. The Bertz CT molecular complexity index is 4570. The molecule has 1 aromatic heterocycles. The summed E-state index contributed by atoms with van der Waals surface area (Å²) >= 11 is 0. The van der Waals surface area contributed by atoms with E-state index in [9.17, 15) is 87.1 Å². The highest BCUT2D eigenvalue weighted by molar-refractivity contribution is 7.93. The fourth-order valence-electron chi connectivity index (χ4n) is 20.7. The Morgan fingerprint density at radius 1 is 0.471 bits per heavy atom. The van der Waals surface area contributed by atoms with Crippen LogP contribution in [0.25, 0.3) is 0 Å². The van der Waals surface area contributed by atoms with E-state index in [2.05, 4.69) is 25.1 Å². The minimum Gasteiger partial charge on any atom is -0.459 e. The summed E-state index contributed by atoms with van der Waals surface area (Å²) in [6.45, 7) is 32.7. The number of pyridine rings is 1. The number of esters is 2. The van der Waals surface area contributed by atoms with Crippen molar-refractivity contribution in [3.8, 4) is 0 Å². The fourth-order valence-corrected chi connectivity index (χ4v) is 22.8. The molecule has 7 heterocycles. The molecular formula is C99H159N9O30S2. The van der Waals surface area contributed by atoms with E-state index in [1.165, 1.54) is 106 Å². The van der Waals surface area contributed by atoms with Crippen molar-refractivity contribution in [1.29, 1.82) is 0 Å². The van der Waals surface area contributed by atoms with Crippen molar-refractivity contribution < 1.29 is 144 Å². The topological polar surface area (TPSA) is 524 Å². The van der Waals surface area contributed by atoms with Gasteiger partial charge in [-0.15, -0.1) is 0 Å². The molecule has 3 aromatic carbocycles. The molecule has 14 N–H and O–H groups in total. The molecule has 0 unspecified atom stereocenters. The Hall–Kier alpha value is -7.09. The predicted molar refractivity (Wildman–Crippen MR) is 520 cm³/mol. The number of nitrogens with one attached hydrogen (secondary N) is 4. The van der Waals surface area contributed by atoms with Crippen molar-refractivity contribution in [1.82, 2.24) is 24.6 Å². The van der Waals surface area contributed by atoms with E-state index in [-0.39, 0.29) is 103 Å². The molecule has 0 saturated carbocycles. The molecule has 0 aliphatic carbocycles. The number of nitrogens with zero attached hydrogens (tertiary/aromatic N) is 5. The Morgan fingerprint density at radius 3 is 1.16 bits per heavy atom. The average Bonchev–Trinajstić information content (AvgIpc) is 1.47. The smallest absolute Gasteiger partial charge is 0.322 e. The van der Waals surface area contributed by atoms with Gasteiger partial charge < -0.3 is 138 Å². The van der Waals surface area contributed by atoms with Crippen LogP contribution in [0.4, 0.5) is 32.5 Å². The number of aliphatic hydroxyl groups excluding tert-OH is 6. The molecule has 0 spiro atoms. The number of aliphatic hydroxyl groups is 10. The molecule has 6 saturated heterocycles. The van der Waals surface area contributed by atoms with Crippen LogP contribution in [0.1, 0.15) is 190 Å². The summed E-state index contributed by atoms with van der Waals surface area (Å²) in [6, 6.07) is 19.6. The largest absolute Gasteiger partial charge is 0.459 e. The fraction of sp³-hybridized carbons (Fsp3) is 0.727. The molecule has 6 aliphatic rings. The zero-order chi connectivity index (χ0) is 105. The van der Waals surface area contributed by atoms with E-state index in [0.717, 1.165) is 0 Å². The Labute approximate surface area is 825 Å². The van der Waals surface area contributed by atoms with Gasteiger partial charge in [0, 0.05) is 87.3 Å². The summed E-state index contributed by atoms with van der Waals surface area (Å²) in [5, 5.41) is 126. The molecule has 10 rings (SSSR count). The number of carbonyl (C=O) groups is 4. The van der Waals surface area contributed by atoms with E-state index in [4.69, 9.17) is 56.8 Å². The Kier molecular flexibility index (Phi) is 40.0. The number of rotatable bonds is 22. The van der Waals surface area contributed by atoms with E-state index < -0.39 is 236 Å². The van der Waals surface area contributed by atoms with Crippen molar-refractivity contribution in [2.24, 2.45) is 35.5 Å². The van der Waals surface area contributed by atoms with E-state index >= 15 is 0 Å². The first kappa shape index (κ1) is 116. The maximum absolute atomic E-state index is 14.6. The second-order valence-electron chi connectivity index (χ2n) is 41.5. The molecule has 792 valence electrons. The number of amides is 4. The van der Waals surface area contributed by atoms with E-state index in [0.29, 0.717) is 18.5 Å². The van der Waals surface area contributed by atoms with Gasteiger partial charge in [0.2, 0.25) is 0 Å². The summed E-state index contributed by atoms with van der Waals surface area (Å²) in [6.07, 6.45) is -19.6. The summed E-state index contributed by atoms with van der Waals surface area (Å²) in [5.41, 5.74) is -9.34. The number of aromatic nitrogens is 1. The molecule has 39 nitrogen and oxygen atoms in total. The first-order chi connectivity index (χ1) is 65.1. The number of hydrogen-bond donors (Lipinski definition) is 14. The number of carbonyl (C=O) groups excluding carboxylic acids is 4. The zero-order valence-electron chi connectivity index (χ0n) is 85.9. The van der Waals surface area contributed by atoms with Gasteiger partial charge >= 0.3 is 24.0 Å². The molecule has 0 radical (unpaired) electrons. The van der Waals surface area contributed by atoms with E-state index in [1.807, 2.05) is 51.8 Å². The number of sulfonamides is 2. The van der Waals surface area contributed by atoms with Gasteiger partial charge in [-0.05, 0) is 248 Å². The maximum Gasteiger partial charge on any atom is 0.322 e. The van der Waals surface area contributed by atoms with Gasteiger partial charge in [-0.2, -0.15) is 0 Å². The monoisotopic (exact) mass is 2020 g/mol. The van der Waals surface area contributed by atoms with Crippen molar-refractivity contribution in [3.63, 3.8) is 0 Å². The lowest BCUT2D eigenvalue weighted by molar-refractivity contribution is -0.318. The minimum absolute atomic E-state index is 0.0410. The molecule has 6 fully saturated rings. The molecule has 4 amide bonds. The predicted octanol–water partition coefficient (Wildman–Crippen LogP) is 8.00.